The number of rotatable bonds is 3. The summed E-state index contributed by atoms with van der Waals surface area (Å²) in [6, 6.07) is 10.9. The van der Waals surface area contributed by atoms with Gasteiger partial charge in [-0.3, -0.25) is 9.59 Å². The number of carbonyl (C=O) groups excluding carboxylic acids is 1. The maximum Gasteiger partial charge on any atom is 0.271 e. The van der Waals surface area contributed by atoms with Crippen LogP contribution < -0.4 is 10.9 Å². The van der Waals surface area contributed by atoms with Crippen molar-refractivity contribution < 1.29 is 9.53 Å². The van der Waals surface area contributed by atoms with E-state index in [1.165, 1.54) is 30.3 Å². The quantitative estimate of drug-likeness (QED) is 0.903. The first-order chi connectivity index (χ1) is 10.6. The van der Waals surface area contributed by atoms with Crippen molar-refractivity contribution in [3.8, 4) is 0 Å². The van der Waals surface area contributed by atoms with E-state index in [-0.39, 0.29) is 23.3 Å². The second kappa shape index (κ2) is 6.11. The average Bonchev–Trinajstić information content (AvgIpc) is 2.55. The van der Waals surface area contributed by atoms with E-state index < -0.39 is 0 Å². The fourth-order valence-corrected chi connectivity index (χ4v) is 2.46. The molecule has 1 N–H and O–H groups in total. The smallest absolute Gasteiger partial charge is 0.271 e. The molecule has 6 heteroatoms. The van der Waals surface area contributed by atoms with Crippen molar-refractivity contribution in [3.05, 3.63) is 63.6 Å². The molecule has 1 aliphatic heterocycles. The van der Waals surface area contributed by atoms with Gasteiger partial charge in [-0.15, -0.1) is 0 Å². The summed E-state index contributed by atoms with van der Waals surface area (Å²) in [4.78, 5) is 23.3. The molecule has 6 nitrogen and oxygen atoms in total. The van der Waals surface area contributed by atoms with Crippen LogP contribution in [0.3, 0.4) is 0 Å². The molecule has 0 saturated heterocycles. The highest BCUT2D eigenvalue weighted by Crippen LogP contribution is 2.19. The zero-order chi connectivity index (χ0) is 15.5. The van der Waals surface area contributed by atoms with Crippen LogP contribution in [0.4, 0.5) is 0 Å². The Bertz CT molecular complexity index is 754. The summed E-state index contributed by atoms with van der Waals surface area (Å²) in [5.41, 5.74) is 2.43. The Morgan fingerprint density at radius 3 is 2.86 bits per heavy atom. The monoisotopic (exact) mass is 299 g/mol. The van der Waals surface area contributed by atoms with Gasteiger partial charge in [0.05, 0.1) is 12.7 Å². The number of nitrogens with zero attached hydrogens (tertiary/aromatic N) is 2. The fourth-order valence-electron chi connectivity index (χ4n) is 2.46. The summed E-state index contributed by atoms with van der Waals surface area (Å²) in [5, 5.41) is 6.73. The number of benzene rings is 1. The Morgan fingerprint density at radius 2 is 2.09 bits per heavy atom. The van der Waals surface area contributed by atoms with Crippen LogP contribution >= 0.6 is 0 Å². The molecule has 1 atom stereocenters. The third kappa shape index (κ3) is 3.07. The minimum atomic E-state index is -0.307. The van der Waals surface area contributed by atoms with Gasteiger partial charge in [0.1, 0.15) is 5.69 Å². The largest absolute Gasteiger partial charge is 0.371 e. The molecule has 22 heavy (non-hydrogen) atoms. The lowest BCUT2D eigenvalue weighted by molar-refractivity contribution is 0.0284. The van der Waals surface area contributed by atoms with Crippen molar-refractivity contribution >= 4 is 5.91 Å². The molecule has 0 aliphatic carbocycles. The second-order valence-corrected chi connectivity index (χ2v) is 5.30. The van der Waals surface area contributed by atoms with Gasteiger partial charge in [-0.1, -0.05) is 24.3 Å². The molecule has 0 unspecified atom stereocenters. The first-order valence-electron chi connectivity index (χ1n) is 7.14. The fraction of sp³-hybridized carbons (Fsp3) is 0.312. The van der Waals surface area contributed by atoms with Crippen LogP contribution in [0, 0.1) is 0 Å². The van der Waals surface area contributed by atoms with E-state index in [1.807, 2.05) is 12.1 Å². The number of aromatic nitrogens is 2. The summed E-state index contributed by atoms with van der Waals surface area (Å²) < 4.78 is 6.88. The van der Waals surface area contributed by atoms with E-state index >= 15 is 0 Å². The Hall–Kier alpha value is -2.47. The van der Waals surface area contributed by atoms with Crippen molar-refractivity contribution in [3.63, 3.8) is 0 Å². The zero-order valence-electron chi connectivity index (χ0n) is 12.3. The van der Waals surface area contributed by atoms with Gasteiger partial charge >= 0.3 is 0 Å². The molecule has 1 aromatic carbocycles. The van der Waals surface area contributed by atoms with Crippen LogP contribution in [0.25, 0.3) is 0 Å². The van der Waals surface area contributed by atoms with Crippen molar-refractivity contribution in [1.29, 1.82) is 0 Å². The second-order valence-electron chi connectivity index (χ2n) is 5.30. The number of nitrogens with one attached hydrogen (secondary N) is 1. The topological polar surface area (TPSA) is 73.2 Å². The number of carbonyl (C=O) groups is 1. The number of amides is 1. The molecule has 1 amide bonds. The zero-order valence-corrected chi connectivity index (χ0v) is 12.3. The SMILES string of the molecule is Cn1nc(C(=O)NC[C@H]2Cc3ccccc3CO2)ccc1=O. The minimum absolute atomic E-state index is 0.0496. The highest BCUT2D eigenvalue weighted by atomic mass is 16.5. The Labute approximate surface area is 127 Å². The molecule has 114 valence electrons. The third-order valence-corrected chi connectivity index (χ3v) is 3.72. The molecule has 1 aromatic heterocycles. The summed E-state index contributed by atoms with van der Waals surface area (Å²) in [7, 11) is 1.51. The molecule has 0 fully saturated rings. The van der Waals surface area contributed by atoms with Gasteiger partial charge < -0.3 is 10.1 Å². The highest BCUT2D eigenvalue weighted by Gasteiger charge is 2.19. The van der Waals surface area contributed by atoms with Crippen molar-refractivity contribution in [2.75, 3.05) is 6.54 Å². The summed E-state index contributed by atoms with van der Waals surface area (Å²) in [6.07, 6.45) is 0.725. The molecule has 1 aliphatic rings. The van der Waals surface area contributed by atoms with E-state index in [0.717, 1.165) is 11.1 Å². The van der Waals surface area contributed by atoms with Gasteiger partial charge in [-0.2, -0.15) is 5.10 Å². The van der Waals surface area contributed by atoms with Crippen molar-refractivity contribution in [2.45, 2.75) is 19.1 Å². The molecule has 0 saturated carbocycles. The van der Waals surface area contributed by atoms with Gasteiger partial charge in [0, 0.05) is 26.1 Å². The normalized spacial score (nSPS) is 16.9. The van der Waals surface area contributed by atoms with Gasteiger partial charge in [0.2, 0.25) is 0 Å². The van der Waals surface area contributed by atoms with Crippen LogP contribution in [0.5, 0.6) is 0 Å². The van der Waals surface area contributed by atoms with Gasteiger partial charge in [0.25, 0.3) is 11.5 Å². The Morgan fingerprint density at radius 1 is 1.32 bits per heavy atom. The number of hydrogen-bond donors (Lipinski definition) is 1. The predicted molar refractivity (Wildman–Crippen MR) is 80.5 cm³/mol. The number of ether oxygens (including phenoxy) is 1. The van der Waals surface area contributed by atoms with Crippen molar-refractivity contribution in [1.82, 2.24) is 15.1 Å². The van der Waals surface area contributed by atoms with Crippen LogP contribution in [0.15, 0.2) is 41.2 Å². The average molecular weight is 299 g/mol. The summed E-state index contributed by atoms with van der Waals surface area (Å²) in [6.45, 7) is 0.979. The van der Waals surface area contributed by atoms with E-state index in [2.05, 4.69) is 22.5 Å². The lowest BCUT2D eigenvalue weighted by Crippen LogP contribution is -2.37. The van der Waals surface area contributed by atoms with Gasteiger partial charge in [-0.05, 0) is 17.2 Å². The molecule has 3 rings (SSSR count). The first-order valence-corrected chi connectivity index (χ1v) is 7.14. The number of fused-ring (bicyclic) bond motifs is 1. The van der Waals surface area contributed by atoms with E-state index in [1.54, 1.807) is 0 Å². The maximum absolute atomic E-state index is 12.1. The summed E-state index contributed by atoms with van der Waals surface area (Å²) >= 11 is 0. The molecule has 0 bridgehead atoms. The standard InChI is InChI=1S/C16H17N3O3/c1-19-15(20)7-6-14(18-19)16(21)17-9-13-8-11-4-2-3-5-12(11)10-22-13/h2-7,13H,8-10H2,1H3,(H,17,21)/t13-/m1/s1. The lowest BCUT2D eigenvalue weighted by atomic mass is 9.99. The Kier molecular flexibility index (Phi) is 4.02. The molecule has 0 radical (unpaired) electrons. The third-order valence-electron chi connectivity index (χ3n) is 3.72. The predicted octanol–water partition coefficient (Wildman–Crippen LogP) is 0.652. The Balaban J connectivity index is 1.60. The van der Waals surface area contributed by atoms with Crippen molar-refractivity contribution in [2.24, 2.45) is 7.05 Å². The lowest BCUT2D eigenvalue weighted by Gasteiger charge is -2.25. The first kappa shape index (κ1) is 14.5. The van der Waals surface area contributed by atoms with Gasteiger partial charge in [0.15, 0.2) is 0 Å². The maximum atomic E-state index is 12.1. The van der Waals surface area contributed by atoms with Crippen LogP contribution in [-0.2, 0) is 24.8 Å². The van der Waals surface area contributed by atoms with E-state index in [4.69, 9.17) is 4.74 Å². The van der Waals surface area contributed by atoms with Crippen LogP contribution in [-0.4, -0.2) is 28.3 Å². The number of aryl methyl sites for hydroxylation is 1. The summed E-state index contributed by atoms with van der Waals surface area (Å²) in [5.74, 6) is -0.307. The van der Waals surface area contributed by atoms with Crippen LogP contribution in [0.1, 0.15) is 21.6 Å². The van der Waals surface area contributed by atoms with E-state index in [0.29, 0.717) is 13.2 Å². The van der Waals surface area contributed by atoms with Gasteiger partial charge in [-0.25, -0.2) is 4.68 Å². The van der Waals surface area contributed by atoms with Crippen LogP contribution in [0.2, 0.25) is 0 Å². The number of hydrogen-bond acceptors (Lipinski definition) is 4. The molecular weight excluding hydrogens is 282 g/mol. The van der Waals surface area contributed by atoms with E-state index in [9.17, 15) is 9.59 Å². The molecule has 0 spiro atoms. The minimum Gasteiger partial charge on any atom is -0.371 e. The molecule has 2 aromatic rings. The highest BCUT2D eigenvalue weighted by molar-refractivity contribution is 5.91. The molecular formula is C16H17N3O3. The molecule has 2 heterocycles.